The zero-order valence-electron chi connectivity index (χ0n) is 10.2. The molecule has 0 saturated heterocycles. The molecule has 1 aromatic carbocycles. The third-order valence-electron chi connectivity index (χ3n) is 2.53. The number of hydrogen-bond acceptors (Lipinski definition) is 3. The minimum absolute atomic E-state index is 0.0825. The van der Waals surface area contributed by atoms with Crippen LogP contribution < -0.4 is 4.31 Å². The highest BCUT2D eigenvalue weighted by Gasteiger charge is 2.23. The second-order valence-corrected chi connectivity index (χ2v) is 6.32. The summed E-state index contributed by atoms with van der Waals surface area (Å²) in [4.78, 5) is 3.35. The van der Waals surface area contributed by atoms with Crippen LogP contribution in [0.5, 0.6) is 0 Å². The van der Waals surface area contributed by atoms with Gasteiger partial charge in [0.2, 0.25) is 0 Å². The normalized spacial score (nSPS) is 11.4. The molecule has 0 saturated carbocycles. The molecule has 106 valence electrons. The molecule has 1 aromatic heterocycles. The topological polar surface area (TPSA) is 50.3 Å². The molecule has 0 amide bonds. The van der Waals surface area contributed by atoms with Crippen molar-refractivity contribution in [2.45, 2.75) is 4.90 Å². The van der Waals surface area contributed by atoms with Gasteiger partial charge in [0.15, 0.2) is 0 Å². The molecule has 0 spiro atoms. The maximum absolute atomic E-state index is 13.1. The Kier molecular flexibility index (Phi) is 3.92. The van der Waals surface area contributed by atoms with Crippen molar-refractivity contribution in [2.75, 3.05) is 11.4 Å². The number of nitrogens with zero attached hydrogens (tertiary/aromatic N) is 2. The van der Waals surface area contributed by atoms with Crippen LogP contribution in [0.2, 0.25) is 5.02 Å². The molecular formula is C12H9ClF2N2O2S. The van der Waals surface area contributed by atoms with Gasteiger partial charge < -0.3 is 0 Å². The molecule has 0 bridgehead atoms. The Bertz CT molecular complexity index is 715. The molecule has 8 heteroatoms. The number of rotatable bonds is 3. The average Bonchev–Trinajstić information content (AvgIpc) is 2.37. The van der Waals surface area contributed by atoms with Crippen LogP contribution in [0.4, 0.5) is 14.6 Å². The summed E-state index contributed by atoms with van der Waals surface area (Å²) >= 11 is 5.66. The van der Waals surface area contributed by atoms with Crippen LogP contribution in [0.15, 0.2) is 41.4 Å². The summed E-state index contributed by atoms with van der Waals surface area (Å²) in [5.41, 5.74) is 0. The highest BCUT2D eigenvalue weighted by Crippen LogP contribution is 2.22. The third kappa shape index (κ3) is 2.88. The lowest BCUT2D eigenvalue weighted by atomic mass is 10.3. The molecule has 20 heavy (non-hydrogen) atoms. The predicted molar refractivity (Wildman–Crippen MR) is 71.2 cm³/mol. The van der Waals surface area contributed by atoms with Crippen molar-refractivity contribution in [3.63, 3.8) is 0 Å². The Balaban J connectivity index is 2.46. The Morgan fingerprint density at radius 2 is 1.75 bits per heavy atom. The molecular weight excluding hydrogens is 310 g/mol. The van der Waals surface area contributed by atoms with Gasteiger partial charge in [-0.05, 0) is 24.3 Å². The first kappa shape index (κ1) is 14.7. The molecule has 0 N–H and O–H groups in total. The lowest BCUT2D eigenvalue weighted by Crippen LogP contribution is -2.27. The Hall–Kier alpha value is -1.73. The average molecular weight is 319 g/mol. The Morgan fingerprint density at radius 1 is 1.15 bits per heavy atom. The first-order valence-corrected chi connectivity index (χ1v) is 7.19. The van der Waals surface area contributed by atoms with Gasteiger partial charge in [-0.15, -0.1) is 0 Å². The molecule has 0 aliphatic heterocycles. The molecule has 0 atom stereocenters. The maximum atomic E-state index is 13.1. The number of anilines is 1. The molecule has 0 radical (unpaired) electrons. The van der Waals surface area contributed by atoms with E-state index < -0.39 is 26.6 Å². The number of hydrogen-bond donors (Lipinski definition) is 0. The fourth-order valence-corrected chi connectivity index (χ4v) is 2.82. The van der Waals surface area contributed by atoms with Gasteiger partial charge in [0, 0.05) is 19.3 Å². The van der Waals surface area contributed by atoms with E-state index in [0.717, 1.165) is 16.4 Å². The SMILES string of the molecule is CN(c1ccc(Cl)cn1)S(=O)(=O)c1cc(F)cc(F)c1. The number of benzene rings is 1. The Morgan fingerprint density at radius 3 is 2.25 bits per heavy atom. The van der Waals surface area contributed by atoms with Crippen LogP contribution in [0.1, 0.15) is 0 Å². The van der Waals surface area contributed by atoms with E-state index in [1.807, 2.05) is 0 Å². The molecule has 0 unspecified atom stereocenters. The van der Waals surface area contributed by atoms with Gasteiger partial charge in [-0.25, -0.2) is 22.2 Å². The van der Waals surface area contributed by atoms with E-state index in [1.54, 1.807) is 0 Å². The van der Waals surface area contributed by atoms with Crippen molar-refractivity contribution in [2.24, 2.45) is 0 Å². The number of halogens is 3. The van der Waals surface area contributed by atoms with Crippen molar-refractivity contribution < 1.29 is 17.2 Å². The molecule has 4 nitrogen and oxygen atoms in total. The summed E-state index contributed by atoms with van der Waals surface area (Å²) < 4.78 is 51.5. The lowest BCUT2D eigenvalue weighted by molar-refractivity contribution is 0.566. The number of sulfonamides is 1. The summed E-state index contributed by atoms with van der Waals surface area (Å²) in [5.74, 6) is -1.86. The van der Waals surface area contributed by atoms with Crippen molar-refractivity contribution in [3.8, 4) is 0 Å². The van der Waals surface area contributed by atoms with Gasteiger partial charge in [-0.3, -0.25) is 4.31 Å². The van der Waals surface area contributed by atoms with E-state index in [2.05, 4.69) is 4.98 Å². The van der Waals surface area contributed by atoms with Crippen LogP contribution in [-0.2, 0) is 10.0 Å². The zero-order valence-corrected chi connectivity index (χ0v) is 11.8. The second-order valence-electron chi connectivity index (χ2n) is 3.91. The lowest BCUT2D eigenvalue weighted by Gasteiger charge is -2.18. The fourth-order valence-electron chi connectivity index (χ4n) is 1.51. The minimum Gasteiger partial charge on any atom is -0.253 e. The van der Waals surface area contributed by atoms with Crippen LogP contribution in [-0.4, -0.2) is 20.4 Å². The van der Waals surface area contributed by atoms with E-state index in [4.69, 9.17) is 11.6 Å². The summed E-state index contributed by atoms with van der Waals surface area (Å²) in [6.07, 6.45) is 1.27. The largest absolute Gasteiger partial charge is 0.265 e. The minimum atomic E-state index is -4.10. The summed E-state index contributed by atoms with van der Waals surface area (Å²) in [7, 11) is -2.87. The van der Waals surface area contributed by atoms with E-state index in [0.29, 0.717) is 11.1 Å². The highest BCUT2D eigenvalue weighted by atomic mass is 35.5. The Labute approximate surface area is 119 Å². The van der Waals surface area contributed by atoms with Crippen molar-refractivity contribution in [3.05, 3.63) is 53.2 Å². The highest BCUT2D eigenvalue weighted by molar-refractivity contribution is 7.92. The molecule has 2 aromatic rings. The molecule has 0 fully saturated rings. The standard InChI is InChI=1S/C12H9ClF2N2O2S/c1-17(12-3-2-8(13)7-16-12)20(18,19)11-5-9(14)4-10(15)6-11/h2-7H,1H3. The van der Waals surface area contributed by atoms with E-state index in [9.17, 15) is 17.2 Å². The predicted octanol–water partition coefficient (Wildman–Crippen LogP) is 2.84. The fraction of sp³-hybridized carbons (Fsp3) is 0.0833. The number of aromatic nitrogens is 1. The van der Waals surface area contributed by atoms with Crippen molar-refractivity contribution >= 4 is 27.4 Å². The van der Waals surface area contributed by atoms with E-state index >= 15 is 0 Å². The van der Waals surface area contributed by atoms with Crippen LogP contribution in [0, 0.1) is 11.6 Å². The van der Waals surface area contributed by atoms with Crippen molar-refractivity contribution in [1.82, 2.24) is 4.98 Å². The van der Waals surface area contributed by atoms with Gasteiger partial charge in [-0.2, -0.15) is 0 Å². The first-order valence-electron chi connectivity index (χ1n) is 5.37. The van der Waals surface area contributed by atoms with Gasteiger partial charge >= 0.3 is 0 Å². The zero-order chi connectivity index (χ0) is 14.9. The van der Waals surface area contributed by atoms with E-state index in [1.165, 1.54) is 25.4 Å². The first-order chi connectivity index (χ1) is 9.30. The molecule has 0 aliphatic carbocycles. The monoisotopic (exact) mass is 318 g/mol. The van der Waals surface area contributed by atoms with Gasteiger partial charge in [0.05, 0.1) is 9.92 Å². The third-order valence-corrected chi connectivity index (χ3v) is 4.49. The molecule has 1 heterocycles. The summed E-state index contributed by atoms with van der Waals surface area (Å²) in [6, 6.07) is 4.92. The van der Waals surface area contributed by atoms with Crippen LogP contribution in [0.25, 0.3) is 0 Å². The summed E-state index contributed by atoms with van der Waals surface area (Å²) in [5, 5.41) is 0.344. The molecule has 2 rings (SSSR count). The number of pyridine rings is 1. The smallest absolute Gasteiger partial charge is 0.253 e. The second kappa shape index (κ2) is 5.34. The van der Waals surface area contributed by atoms with Crippen LogP contribution in [0.3, 0.4) is 0 Å². The van der Waals surface area contributed by atoms with Crippen molar-refractivity contribution in [1.29, 1.82) is 0 Å². The summed E-state index contributed by atoms with van der Waals surface area (Å²) in [6.45, 7) is 0. The quantitative estimate of drug-likeness (QED) is 0.874. The van der Waals surface area contributed by atoms with Gasteiger partial charge in [-0.1, -0.05) is 11.6 Å². The van der Waals surface area contributed by atoms with Gasteiger partial charge in [0.25, 0.3) is 10.0 Å². The van der Waals surface area contributed by atoms with E-state index in [-0.39, 0.29) is 5.82 Å². The van der Waals surface area contributed by atoms with Crippen LogP contribution >= 0.6 is 11.6 Å². The molecule has 0 aliphatic rings. The van der Waals surface area contributed by atoms with Gasteiger partial charge in [0.1, 0.15) is 17.5 Å². The maximum Gasteiger partial charge on any atom is 0.265 e.